The molecule has 0 heterocycles. The van der Waals surface area contributed by atoms with Crippen molar-refractivity contribution in [2.75, 3.05) is 12.0 Å². The molecule has 1 N–H and O–H groups in total. The first-order chi connectivity index (χ1) is 18.0. The molecule has 5 nitrogen and oxygen atoms in total. The first-order valence-electron chi connectivity index (χ1n) is 12.5. The van der Waals surface area contributed by atoms with E-state index in [4.69, 9.17) is 0 Å². The second-order valence-electron chi connectivity index (χ2n) is 10.9. The van der Waals surface area contributed by atoms with Gasteiger partial charge in [0.25, 0.3) is 0 Å². The summed E-state index contributed by atoms with van der Waals surface area (Å²) in [5.74, 6) is -0.178. The molecule has 1 fully saturated rings. The van der Waals surface area contributed by atoms with Crippen molar-refractivity contribution in [3.63, 3.8) is 0 Å². The van der Waals surface area contributed by atoms with E-state index in [0.717, 1.165) is 17.7 Å². The summed E-state index contributed by atoms with van der Waals surface area (Å²) in [6, 6.07) is 5.74. The number of alkyl halides is 6. The molecule has 1 aliphatic rings. The summed E-state index contributed by atoms with van der Waals surface area (Å²) in [4.78, 5) is 26.0. The number of esters is 1. The van der Waals surface area contributed by atoms with Crippen LogP contribution in [0.3, 0.4) is 0 Å². The third-order valence-electron chi connectivity index (χ3n) is 7.12. The van der Waals surface area contributed by atoms with Gasteiger partial charge in [-0.1, -0.05) is 32.9 Å². The molecule has 0 aliphatic heterocycles. The van der Waals surface area contributed by atoms with Gasteiger partial charge in [-0.2, -0.15) is 26.3 Å². The average molecular weight is 559 g/mol. The third-order valence-corrected chi connectivity index (χ3v) is 7.12. The summed E-state index contributed by atoms with van der Waals surface area (Å²) >= 11 is 0. The molecule has 39 heavy (non-hydrogen) atoms. The number of ether oxygens (including phenoxy) is 1. The second kappa shape index (κ2) is 11.5. The zero-order chi connectivity index (χ0) is 29.2. The number of rotatable bonds is 5. The van der Waals surface area contributed by atoms with Crippen molar-refractivity contribution in [3.05, 3.63) is 64.7 Å². The Bertz CT molecular complexity index is 1130. The largest absolute Gasteiger partial charge is 0.465 e. The number of carbonyl (C=O) groups is 2. The van der Waals surface area contributed by atoms with E-state index in [1.165, 1.54) is 31.4 Å². The number of halogens is 6. The molecule has 11 heteroatoms. The highest BCUT2D eigenvalue weighted by atomic mass is 19.4. The first kappa shape index (κ1) is 30.3. The fraction of sp³-hybridized carbons (Fsp3) is 0.500. The van der Waals surface area contributed by atoms with Gasteiger partial charge in [0.15, 0.2) is 0 Å². The Morgan fingerprint density at radius 1 is 0.872 bits per heavy atom. The second-order valence-corrected chi connectivity index (χ2v) is 10.9. The predicted molar refractivity (Wildman–Crippen MR) is 134 cm³/mol. The lowest BCUT2D eigenvalue weighted by atomic mass is 9.71. The lowest BCUT2D eigenvalue weighted by Crippen LogP contribution is -2.46. The Kier molecular flexibility index (Phi) is 8.92. The molecule has 1 aliphatic carbocycles. The monoisotopic (exact) mass is 558 g/mol. The van der Waals surface area contributed by atoms with Crippen LogP contribution in [0, 0.1) is 11.3 Å². The molecule has 2 aromatic carbocycles. The quantitative estimate of drug-likeness (QED) is 0.301. The van der Waals surface area contributed by atoms with E-state index in [1.807, 2.05) is 0 Å². The molecule has 2 amide bonds. The number of hydrogen-bond acceptors (Lipinski definition) is 3. The topological polar surface area (TPSA) is 58.6 Å². The van der Waals surface area contributed by atoms with Crippen LogP contribution in [0.2, 0.25) is 0 Å². The number of urea groups is 1. The van der Waals surface area contributed by atoms with Gasteiger partial charge in [-0.15, -0.1) is 0 Å². The fourth-order valence-electron chi connectivity index (χ4n) is 4.78. The molecule has 0 spiro atoms. The van der Waals surface area contributed by atoms with Gasteiger partial charge in [-0.3, -0.25) is 4.90 Å². The number of methoxy groups -OCH3 is 1. The van der Waals surface area contributed by atoms with Gasteiger partial charge < -0.3 is 10.1 Å². The number of anilines is 1. The zero-order valence-electron chi connectivity index (χ0n) is 22.2. The first-order valence-corrected chi connectivity index (χ1v) is 12.5. The van der Waals surface area contributed by atoms with Gasteiger partial charge in [0.2, 0.25) is 0 Å². The number of amides is 2. The van der Waals surface area contributed by atoms with Crippen LogP contribution in [0.25, 0.3) is 0 Å². The zero-order valence-corrected chi connectivity index (χ0v) is 22.2. The number of hydrogen-bond donors (Lipinski definition) is 1. The van der Waals surface area contributed by atoms with Crippen molar-refractivity contribution in [1.29, 1.82) is 0 Å². The summed E-state index contributed by atoms with van der Waals surface area (Å²) in [7, 11) is 1.20. The van der Waals surface area contributed by atoms with Gasteiger partial charge in [0.1, 0.15) is 0 Å². The molecule has 0 unspecified atom stereocenters. The smallest absolute Gasteiger partial charge is 0.416 e. The van der Waals surface area contributed by atoms with Crippen molar-refractivity contribution < 1.29 is 40.7 Å². The number of nitrogens with zero attached hydrogens (tertiary/aromatic N) is 1. The van der Waals surface area contributed by atoms with E-state index in [2.05, 4.69) is 30.8 Å². The highest BCUT2D eigenvalue weighted by molar-refractivity contribution is 5.92. The Hall–Kier alpha value is -3.24. The van der Waals surface area contributed by atoms with Gasteiger partial charge in [-0.25, -0.2) is 9.59 Å². The molecule has 3 rings (SSSR count). The molecular formula is C28H32F6N2O3. The highest BCUT2D eigenvalue weighted by Crippen LogP contribution is 2.40. The van der Waals surface area contributed by atoms with E-state index in [9.17, 15) is 35.9 Å². The molecule has 0 radical (unpaired) electrons. The minimum atomic E-state index is -5.06. The van der Waals surface area contributed by atoms with Crippen molar-refractivity contribution in [2.45, 2.75) is 71.4 Å². The van der Waals surface area contributed by atoms with E-state index in [0.29, 0.717) is 36.5 Å². The standard InChI is InChI=1S/C28H32F6N2O3/c1-26(2,3)19-9-11-22(12-10-19)35-25(38)36(16-17-5-7-18(8-6-17)24(37)39-4)23-14-20(27(29,30)31)13-21(15-23)28(32,33)34/h5-8,13-15,19,22H,9-12,16H2,1-4H3,(H,35,38)/t19-,22-. The molecule has 0 atom stereocenters. The van der Waals surface area contributed by atoms with Gasteiger partial charge >= 0.3 is 24.4 Å². The fourth-order valence-corrected chi connectivity index (χ4v) is 4.78. The summed E-state index contributed by atoms with van der Waals surface area (Å²) in [6.07, 6.45) is -7.16. The molecule has 0 aromatic heterocycles. The third kappa shape index (κ3) is 7.89. The minimum Gasteiger partial charge on any atom is -0.465 e. The van der Waals surface area contributed by atoms with Crippen LogP contribution in [0.4, 0.5) is 36.8 Å². The SMILES string of the molecule is COC(=O)c1ccc(CN(C(=O)N[C@H]2CC[C@H](C(C)(C)C)CC2)c2cc(C(F)(F)F)cc(C(F)(F)F)c2)cc1. The van der Waals surface area contributed by atoms with E-state index in [1.54, 1.807) is 0 Å². The summed E-state index contributed by atoms with van der Waals surface area (Å²) in [5, 5.41) is 2.82. The maximum atomic E-state index is 13.6. The Labute approximate surface area is 223 Å². The summed E-state index contributed by atoms with van der Waals surface area (Å²) < 4.78 is 86.0. The molecule has 2 aromatic rings. The Morgan fingerprint density at radius 3 is 1.82 bits per heavy atom. The van der Waals surface area contributed by atoms with Crippen LogP contribution >= 0.6 is 0 Å². The average Bonchev–Trinajstić information content (AvgIpc) is 2.85. The maximum absolute atomic E-state index is 13.6. The van der Waals surface area contributed by atoms with E-state index >= 15 is 0 Å². The Morgan fingerprint density at radius 2 is 1.38 bits per heavy atom. The van der Waals surface area contributed by atoms with Crippen molar-refractivity contribution in [2.24, 2.45) is 11.3 Å². The van der Waals surface area contributed by atoms with Crippen molar-refractivity contribution >= 4 is 17.7 Å². The van der Waals surface area contributed by atoms with Gasteiger partial charge in [0.05, 0.1) is 30.3 Å². The lowest BCUT2D eigenvalue weighted by molar-refractivity contribution is -0.143. The normalized spacial score (nSPS) is 18.4. The number of carbonyl (C=O) groups excluding carboxylic acids is 2. The molecule has 0 saturated heterocycles. The van der Waals surface area contributed by atoms with Crippen LogP contribution in [-0.4, -0.2) is 25.2 Å². The van der Waals surface area contributed by atoms with Crippen LogP contribution in [0.5, 0.6) is 0 Å². The molecule has 214 valence electrons. The number of nitrogens with one attached hydrogen (secondary N) is 1. The predicted octanol–water partition coefficient (Wildman–Crippen LogP) is 7.83. The maximum Gasteiger partial charge on any atom is 0.416 e. The van der Waals surface area contributed by atoms with Crippen molar-refractivity contribution in [1.82, 2.24) is 5.32 Å². The highest BCUT2D eigenvalue weighted by Gasteiger charge is 2.38. The summed E-state index contributed by atoms with van der Waals surface area (Å²) in [5.41, 5.74) is -2.90. The van der Waals surface area contributed by atoms with Crippen LogP contribution in [0.1, 0.15) is 73.5 Å². The van der Waals surface area contributed by atoms with Gasteiger partial charge in [0, 0.05) is 11.7 Å². The van der Waals surface area contributed by atoms with Gasteiger partial charge in [-0.05, 0) is 72.9 Å². The van der Waals surface area contributed by atoms with Crippen LogP contribution < -0.4 is 10.2 Å². The van der Waals surface area contributed by atoms with Crippen LogP contribution in [0.15, 0.2) is 42.5 Å². The number of benzene rings is 2. The van der Waals surface area contributed by atoms with E-state index in [-0.39, 0.29) is 29.6 Å². The Balaban J connectivity index is 1.96. The summed E-state index contributed by atoms with van der Waals surface area (Å²) in [6.45, 7) is 6.07. The molecule has 1 saturated carbocycles. The minimum absolute atomic E-state index is 0.0263. The molecular weight excluding hydrogens is 526 g/mol. The lowest BCUT2D eigenvalue weighted by Gasteiger charge is -2.37. The van der Waals surface area contributed by atoms with Crippen LogP contribution in [-0.2, 0) is 23.6 Å². The van der Waals surface area contributed by atoms with Crippen molar-refractivity contribution in [3.8, 4) is 0 Å². The molecule has 0 bridgehead atoms. The van der Waals surface area contributed by atoms with E-state index < -0.39 is 41.2 Å².